The van der Waals surface area contributed by atoms with E-state index in [0.717, 1.165) is 0 Å². The molecule has 1 aromatic heterocycles. The summed E-state index contributed by atoms with van der Waals surface area (Å²) >= 11 is 0. The molecule has 1 heterocycles. The number of esters is 1. The second kappa shape index (κ2) is 5.37. The molecule has 3 aromatic rings. The van der Waals surface area contributed by atoms with E-state index in [-0.39, 0.29) is 22.3 Å². The minimum atomic E-state index is -0.666. The molecule has 0 atom stereocenters. The smallest absolute Gasteiger partial charge is 0.338 e. The van der Waals surface area contributed by atoms with E-state index >= 15 is 0 Å². The third-order valence-corrected chi connectivity index (χ3v) is 3.34. The molecule has 3 rings (SSSR count). The lowest BCUT2D eigenvalue weighted by Gasteiger charge is -2.08. The molecule has 0 bridgehead atoms. The first-order valence-electron chi connectivity index (χ1n) is 6.56. The maximum Gasteiger partial charge on any atom is 0.338 e. The van der Waals surface area contributed by atoms with Gasteiger partial charge in [-0.3, -0.25) is 4.79 Å². The normalized spacial score (nSPS) is 10.6. The SMILES string of the molecule is COC(=O)c1cccc2oc(-c3ccccc3)c(O)c(=O)c12. The third kappa shape index (κ3) is 2.13. The summed E-state index contributed by atoms with van der Waals surface area (Å²) in [4.78, 5) is 24.2. The Bertz CT molecular complexity index is 909. The molecule has 5 heteroatoms. The first kappa shape index (κ1) is 13.9. The minimum absolute atomic E-state index is 0.00605. The van der Waals surface area contributed by atoms with Gasteiger partial charge in [0.25, 0.3) is 0 Å². The van der Waals surface area contributed by atoms with Crippen LogP contribution in [0.4, 0.5) is 0 Å². The van der Waals surface area contributed by atoms with Crippen molar-refractivity contribution in [3.05, 3.63) is 64.3 Å². The van der Waals surface area contributed by atoms with Crippen molar-refractivity contribution in [1.82, 2.24) is 0 Å². The monoisotopic (exact) mass is 296 g/mol. The van der Waals surface area contributed by atoms with Crippen molar-refractivity contribution < 1.29 is 19.1 Å². The van der Waals surface area contributed by atoms with Gasteiger partial charge >= 0.3 is 5.97 Å². The second-order valence-electron chi connectivity index (χ2n) is 4.65. The lowest BCUT2D eigenvalue weighted by Crippen LogP contribution is -2.10. The molecule has 0 aliphatic rings. The maximum absolute atomic E-state index is 12.4. The van der Waals surface area contributed by atoms with E-state index < -0.39 is 17.1 Å². The molecule has 0 radical (unpaired) electrons. The molecule has 22 heavy (non-hydrogen) atoms. The highest BCUT2D eigenvalue weighted by molar-refractivity contribution is 6.03. The third-order valence-electron chi connectivity index (χ3n) is 3.34. The fraction of sp³-hybridized carbons (Fsp3) is 0.0588. The topological polar surface area (TPSA) is 76.7 Å². The fourth-order valence-electron chi connectivity index (χ4n) is 2.30. The molecule has 0 aliphatic carbocycles. The molecule has 0 saturated carbocycles. The predicted molar refractivity (Wildman–Crippen MR) is 80.9 cm³/mol. The first-order valence-corrected chi connectivity index (χ1v) is 6.56. The maximum atomic E-state index is 12.4. The zero-order chi connectivity index (χ0) is 15.7. The average Bonchev–Trinajstić information content (AvgIpc) is 2.57. The molecule has 110 valence electrons. The Morgan fingerprint density at radius 3 is 2.50 bits per heavy atom. The van der Waals surface area contributed by atoms with Crippen LogP contribution in [0.2, 0.25) is 0 Å². The van der Waals surface area contributed by atoms with Gasteiger partial charge in [0.05, 0.1) is 18.1 Å². The van der Waals surface area contributed by atoms with Crippen molar-refractivity contribution in [3.8, 4) is 17.1 Å². The van der Waals surface area contributed by atoms with E-state index in [1.165, 1.54) is 13.2 Å². The first-order chi connectivity index (χ1) is 10.6. The molecule has 0 aliphatic heterocycles. The Morgan fingerprint density at radius 1 is 1.09 bits per heavy atom. The number of carbonyl (C=O) groups is 1. The molecule has 2 aromatic carbocycles. The number of rotatable bonds is 2. The second-order valence-corrected chi connectivity index (χ2v) is 4.65. The number of hydrogen-bond acceptors (Lipinski definition) is 5. The van der Waals surface area contributed by atoms with Crippen molar-refractivity contribution >= 4 is 16.9 Å². The van der Waals surface area contributed by atoms with Crippen molar-refractivity contribution in [3.63, 3.8) is 0 Å². The van der Waals surface area contributed by atoms with Crippen LogP contribution in [0.5, 0.6) is 5.75 Å². The van der Waals surface area contributed by atoms with E-state index in [0.29, 0.717) is 5.56 Å². The minimum Gasteiger partial charge on any atom is -0.502 e. The van der Waals surface area contributed by atoms with Crippen molar-refractivity contribution in [1.29, 1.82) is 0 Å². The number of hydrogen-bond donors (Lipinski definition) is 1. The van der Waals surface area contributed by atoms with Crippen LogP contribution in [0.1, 0.15) is 10.4 Å². The van der Waals surface area contributed by atoms with Crippen LogP contribution in [0.25, 0.3) is 22.3 Å². The summed E-state index contributed by atoms with van der Waals surface area (Å²) in [5.41, 5.74) is 0.178. The van der Waals surface area contributed by atoms with Gasteiger partial charge in [-0.05, 0) is 12.1 Å². The van der Waals surface area contributed by atoms with Crippen LogP contribution in [0, 0.1) is 0 Å². The standard InChI is InChI=1S/C17H12O5/c1-21-17(20)11-8-5-9-12-13(11)14(18)15(19)16(22-12)10-6-3-2-4-7-10/h2-9,19H,1H3. The predicted octanol–water partition coefficient (Wildman–Crippen LogP) is 2.95. The van der Waals surface area contributed by atoms with Gasteiger partial charge in [-0.15, -0.1) is 0 Å². The molecule has 1 N–H and O–H groups in total. The van der Waals surface area contributed by atoms with Crippen molar-refractivity contribution in [2.24, 2.45) is 0 Å². The highest BCUT2D eigenvalue weighted by Crippen LogP contribution is 2.30. The van der Waals surface area contributed by atoms with Gasteiger partial charge < -0.3 is 14.3 Å². The zero-order valence-electron chi connectivity index (χ0n) is 11.7. The summed E-state index contributed by atoms with van der Waals surface area (Å²) < 4.78 is 10.3. The summed E-state index contributed by atoms with van der Waals surface area (Å²) in [6, 6.07) is 13.4. The molecule has 0 fully saturated rings. The summed E-state index contributed by atoms with van der Waals surface area (Å²) in [5.74, 6) is -1.13. The highest BCUT2D eigenvalue weighted by atomic mass is 16.5. The van der Waals surface area contributed by atoms with E-state index in [2.05, 4.69) is 4.74 Å². The lowest BCUT2D eigenvalue weighted by atomic mass is 10.1. The fourth-order valence-corrected chi connectivity index (χ4v) is 2.30. The van der Waals surface area contributed by atoms with Crippen LogP contribution in [0.15, 0.2) is 57.7 Å². The number of methoxy groups -OCH3 is 1. The molecule has 0 spiro atoms. The molecular weight excluding hydrogens is 284 g/mol. The van der Waals surface area contributed by atoms with Gasteiger partial charge in [-0.1, -0.05) is 36.4 Å². The molecule has 0 unspecified atom stereocenters. The number of carbonyl (C=O) groups excluding carboxylic acids is 1. The Morgan fingerprint density at radius 2 is 1.82 bits per heavy atom. The van der Waals surface area contributed by atoms with E-state index in [1.807, 2.05) is 6.07 Å². The summed E-state index contributed by atoms with van der Waals surface area (Å²) in [6.07, 6.45) is 0. The van der Waals surface area contributed by atoms with Gasteiger partial charge in [0, 0.05) is 5.56 Å². The van der Waals surface area contributed by atoms with Crippen LogP contribution in [0.3, 0.4) is 0 Å². The van der Waals surface area contributed by atoms with Gasteiger partial charge in [-0.2, -0.15) is 0 Å². The largest absolute Gasteiger partial charge is 0.502 e. The van der Waals surface area contributed by atoms with Gasteiger partial charge in [0.15, 0.2) is 5.76 Å². The Balaban J connectivity index is 2.36. The van der Waals surface area contributed by atoms with Gasteiger partial charge in [0.1, 0.15) is 5.58 Å². The number of aromatic hydroxyl groups is 1. The van der Waals surface area contributed by atoms with Crippen LogP contribution >= 0.6 is 0 Å². The van der Waals surface area contributed by atoms with Gasteiger partial charge in [0.2, 0.25) is 11.2 Å². The summed E-state index contributed by atoms with van der Waals surface area (Å²) in [5, 5.41) is 10.2. The number of benzene rings is 2. The molecule has 0 amide bonds. The molecule has 5 nitrogen and oxygen atoms in total. The van der Waals surface area contributed by atoms with Crippen LogP contribution in [-0.2, 0) is 4.74 Å². The number of ether oxygens (including phenoxy) is 1. The molecule has 0 saturated heterocycles. The molecular formula is C17H12O5. The van der Waals surface area contributed by atoms with Gasteiger partial charge in [-0.25, -0.2) is 4.79 Å². The van der Waals surface area contributed by atoms with E-state index in [9.17, 15) is 14.7 Å². The highest BCUT2D eigenvalue weighted by Gasteiger charge is 2.20. The van der Waals surface area contributed by atoms with Crippen molar-refractivity contribution in [2.45, 2.75) is 0 Å². The summed E-state index contributed by atoms with van der Waals surface area (Å²) in [7, 11) is 1.22. The van der Waals surface area contributed by atoms with Crippen LogP contribution in [-0.4, -0.2) is 18.2 Å². The van der Waals surface area contributed by atoms with E-state index in [4.69, 9.17) is 4.42 Å². The van der Waals surface area contributed by atoms with Crippen LogP contribution < -0.4 is 5.43 Å². The Kier molecular flexibility index (Phi) is 3.39. The lowest BCUT2D eigenvalue weighted by molar-refractivity contribution is 0.0603. The zero-order valence-corrected chi connectivity index (χ0v) is 11.7. The van der Waals surface area contributed by atoms with E-state index in [1.54, 1.807) is 36.4 Å². The Labute approximate surface area is 125 Å². The summed E-state index contributed by atoms with van der Waals surface area (Å²) in [6.45, 7) is 0. The Hall–Kier alpha value is -3.08. The average molecular weight is 296 g/mol. The van der Waals surface area contributed by atoms with Crippen molar-refractivity contribution in [2.75, 3.05) is 7.11 Å². The quantitative estimate of drug-likeness (QED) is 0.736. The number of fused-ring (bicyclic) bond motifs is 1.